The van der Waals surface area contributed by atoms with Crippen molar-refractivity contribution in [1.82, 2.24) is 0 Å². The highest BCUT2D eigenvalue weighted by Gasteiger charge is 2.32. The molecule has 2 aromatic carbocycles. The average molecular weight is 323 g/mol. The second-order valence-corrected chi connectivity index (χ2v) is 4.47. The zero-order valence-electron chi connectivity index (χ0n) is 12.3. The number of nitrogens with zero attached hydrogens (tertiary/aromatic N) is 1. The lowest BCUT2D eigenvalue weighted by atomic mass is 10.0. The SMILES string of the molecule is COc1cc(OC)cc(-c2ccc(C#N)cc2OC(F)(F)F)c1. The van der Waals surface area contributed by atoms with Crippen molar-refractivity contribution in [3.8, 4) is 34.4 Å². The normalized spacial score (nSPS) is 10.8. The molecule has 4 nitrogen and oxygen atoms in total. The molecule has 0 atom stereocenters. The van der Waals surface area contributed by atoms with Gasteiger partial charge in [0.25, 0.3) is 0 Å². The van der Waals surface area contributed by atoms with Crippen LogP contribution in [-0.4, -0.2) is 20.6 Å². The molecule has 0 aliphatic carbocycles. The number of alkyl halides is 3. The van der Waals surface area contributed by atoms with Crippen LogP contribution < -0.4 is 14.2 Å². The lowest BCUT2D eigenvalue weighted by molar-refractivity contribution is -0.274. The van der Waals surface area contributed by atoms with Gasteiger partial charge in [0.2, 0.25) is 0 Å². The summed E-state index contributed by atoms with van der Waals surface area (Å²) in [5.41, 5.74) is 0.631. The van der Waals surface area contributed by atoms with E-state index in [2.05, 4.69) is 4.74 Å². The highest BCUT2D eigenvalue weighted by atomic mass is 19.4. The van der Waals surface area contributed by atoms with Crippen LogP contribution >= 0.6 is 0 Å². The lowest BCUT2D eigenvalue weighted by Crippen LogP contribution is -2.17. The number of halogens is 3. The predicted octanol–water partition coefficient (Wildman–Crippen LogP) is 4.14. The number of ether oxygens (including phenoxy) is 3. The molecule has 0 saturated carbocycles. The molecule has 0 N–H and O–H groups in total. The van der Waals surface area contributed by atoms with Crippen molar-refractivity contribution < 1.29 is 27.4 Å². The van der Waals surface area contributed by atoms with Crippen LogP contribution in [-0.2, 0) is 0 Å². The van der Waals surface area contributed by atoms with E-state index in [-0.39, 0.29) is 11.1 Å². The quantitative estimate of drug-likeness (QED) is 0.848. The monoisotopic (exact) mass is 323 g/mol. The molecule has 2 rings (SSSR count). The van der Waals surface area contributed by atoms with Crippen molar-refractivity contribution in [2.75, 3.05) is 14.2 Å². The number of nitriles is 1. The molecule has 0 heterocycles. The van der Waals surface area contributed by atoms with E-state index in [1.54, 1.807) is 24.3 Å². The summed E-state index contributed by atoms with van der Waals surface area (Å²) in [7, 11) is 2.87. The first-order chi connectivity index (χ1) is 10.9. The van der Waals surface area contributed by atoms with Crippen molar-refractivity contribution in [2.45, 2.75) is 6.36 Å². The Labute approximate surface area is 130 Å². The van der Waals surface area contributed by atoms with Gasteiger partial charge in [-0.15, -0.1) is 13.2 Å². The fourth-order valence-electron chi connectivity index (χ4n) is 2.00. The zero-order chi connectivity index (χ0) is 17.0. The molecular formula is C16H12F3NO3. The van der Waals surface area contributed by atoms with Crippen LogP contribution in [0.25, 0.3) is 11.1 Å². The molecule has 0 bridgehead atoms. The van der Waals surface area contributed by atoms with E-state index in [1.807, 2.05) is 0 Å². The van der Waals surface area contributed by atoms with Gasteiger partial charge in [0.05, 0.1) is 25.9 Å². The van der Waals surface area contributed by atoms with E-state index in [1.165, 1.54) is 26.4 Å². The summed E-state index contributed by atoms with van der Waals surface area (Å²) in [4.78, 5) is 0. The average Bonchev–Trinajstić information content (AvgIpc) is 2.52. The lowest BCUT2D eigenvalue weighted by Gasteiger charge is -2.15. The van der Waals surface area contributed by atoms with E-state index < -0.39 is 12.1 Å². The number of hydrogen-bond donors (Lipinski definition) is 0. The summed E-state index contributed by atoms with van der Waals surface area (Å²) in [5, 5.41) is 8.86. The fourth-order valence-corrected chi connectivity index (χ4v) is 2.00. The van der Waals surface area contributed by atoms with Gasteiger partial charge in [-0.3, -0.25) is 0 Å². The maximum atomic E-state index is 12.6. The molecule has 0 saturated heterocycles. The Balaban J connectivity index is 2.60. The van der Waals surface area contributed by atoms with E-state index in [0.29, 0.717) is 17.1 Å². The smallest absolute Gasteiger partial charge is 0.497 e. The Bertz CT molecular complexity index is 729. The Kier molecular flexibility index (Phi) is 4.65. The van der Waals surface area contributed by atoms with Gasteiger partial charge >= 0.3 is 6.36 Å². The van der Waals surface area contributed by atoms with Gasteiger partial charge in [-0.2, -0.15) is 5.26 Å². The Morgan fingerprint density at radius 2 is 1.57 bits per heavy atom. The highest BCUT2D eigenvalue weighted by molar-refractivity contribution is 5.74. The molecule has 0 spiro atoms. The standard InChI is InChI=1S/C16H12F3NO3/c1-21-12-6-11(7-13(8-12)22-2)14-4-3-10(9-20)5-15(14)23-16(17,18)19/h3-8H,1-2H3. The molecule has 0 radical (unpaired) electrons. The number of hydrogen-bond acceptors (Lipinski definition) is 4. The van der Waals surface area contributed by atoms with Gasteiger partial charge in [0.1, 0.15) is 17.2 Å². The minimum absolute atomic E-state index is 0.0582. The molecular weight excluding hydrogens is 311 g/mol. The largest absolute Gasteiger partial charge is 0.573 e. The second-order valence-electron chi connectivity index (χ2n) is 4.47. The Morgan fingerprint density at radius 1 is 0.957 bits per heavy atom. The Hall–Kier alpha value is -2.88. The van der Waals surface area contributed by atoms with Crippen LogP contribution in [0.3, 0.4) is 0 Å². The number of benzene rings is 2. The molecule has 23 heavy (non-hydrogen) atoms. The van der Waals surface area contributed by atoms with Crippen LogP contribution in [0.2, 0.25) is 0 Å². The van der Waals surface area contributed by atoms with Crippen molar-refractivity contribution >= 4 is 0 Å². The minimum Gasteiger partial charge on any atom is -0.497 e. The van der Waals surface area contributed by atoms with E-state index in [4.69, 9.17) is 14.7 Å². The molecule has 7 heteroatoms. The van der Waals surface area contributed by atoms with Crippen LogP contribution in [0.5, 0.6) is 17.2 Å². The predicted molar refractivity (Wildman–Crippen MR) is 76.4 cm³/mol. The summed E-state index contributed by atoms with van der Waals surface area (Å²) in [6.45, 7) is 0. The van der Waals surface area contributed by atoms with Crippen LogP contribution in [0.1, 0.15) is 5.56 Å². The summed E-state index contributed by atoms with van der Waals surface area (Å²) in [5.74, 6) is 0.371. The van der Waals surface area contributed by atoms with Crippen molar-refractivity contribution in [2.24, 2.45) is 0 Å². The molecule has 2 aromatic rings. The first kappa shape index (κ1) is 16.5. The van der Waals surface area contributed by atoms with E-state index in [0.717, 1.165) is 6.07 Å². The van der Waals surface area contributed by atoms with Crippen LogP contribution in [0.15, 0.2) is 36.4 Å². The Morgan fingerprint density at radius 3 is 2.04 bits per heavy atom. The van der Waals surface area contributed by atoms with E-state index in [9.17, 15) is 13.2 Å². The maximum absolute atomic E-state index is 12.6. The topological polar surface area (TPSA) is 51.5 Å². The zero-order valence-corrected chi connectivity index (χ0v) is 12.3. The summed E-state index contributed by atoms with van der Waals surface area (Å²) < 4.78 is 52.1. The van der Waals surface area contributed by atoms with Crippen LogP contribution in [0, 0.1) is 11.3 Å². The van der Waals surface area contributed by atoms with Crippen LogP contribution in [0.4, 0.5) is 13.2 Å². The van der Waals surface area contributed by atoms with Gasteiger partial charge in [0, 0.05) is 11.6 Å². The minimum atomic E-state index is -4.87. The molecule has 0 unspecified atom stereocenters. The van der Waals surface area contributed by atoms with E-state index >= 15 is 0 Å². The first-order valence-corrected chi connectivity index (χ1v) is 6.39. The molecule has 0 aromatic heterocycles. The van der Waals surface area contributed by atoms with Gasteiger partial charge in [-0.1, -0.05) is 0 Å². The number of methoxy groups -OCH3 is 2. The molecule has 0 aliphatic rings. The van der Waals surface area contributed by atoms with Crippen molar-refractivity contribution in [3.63, 3.8) is 0 Å². The molecule has 120 valence electrons. The first-order valence-electron chi connectivity index (χ1n) is 6.39. The maximum Gasteiger partial charge on any atom is 0.573 e. The molecule has 0 aliphatic heterocycles. The third-order valence-corrected chi connectivity index (χ3v) is 3.00. The van der Waals surface area contributed by atoms with Crippen molar-refractivity contribution in [1.29, 1.82) is 5.26 Å². The summed E-state index contributed by atoms with van der Waals surface area (Å²) >= 11 is 0. The van der Waals surface area contributed by atoms with Gasteiger partial charge in [-0.05, 0) is 35.9 Å². The second kappa shape index (κ2) is 6.48. The summed E-state index contributed by atoms with van der Waals surface area (Å²) in [6, 6.07) is 10.3. The molecule has 0 fully saturated rings. The van der Waals surface area contributed by atoms with Gasteiger partial charge in [0.15, 0.2) is 0 Å². The summed E-state index contributed by atoms with van der Waals surface area (Å²) in [6.07, 6.45) is -4.87. The fraction of sp³-hybridized carbons (Fsp3) is 0.188. The highest BCUT2D eigenvalue weighted by Crippen LogP contribution is 2.38. The van der Waals surface area contributed by atoms with Gasteiger partial charge < -0.3 is 14.2 Å². The van der Waals surface area contributed by atoms with Crippen molar-refractivity contribution in [3.05, 3.63) is 42.0 Å². The third kappa shape index (κ3) is 4.07. The third-order valence-electron chi connectivity index (χ3n) is 3.00. The van der Waals surface area contributed by atoms with Gasteiger partial charge in [-0.25, -0.2) is 0 Å². The number of rotatable bonds is 4. The molecule has 0 amide bonds.